The van der Waals surface area contributed by atoms with Gasteiger partial charge in [0.1, 0.15) is 11.9 Å². The average Bonchev–Trinajstić information content (AvgIpc) is 2.15. The van der Waals surface area contributed by atoms with Crippen molar-refractivity contribution >= 4 is 23.4 Å². The molecule has 0 aliphatic carbocycles. The standard InChI is InChI=1S/C7H8ClN3O4/c8-7-10-1-2(5(9)11-7)3(12)4(13)6(14)15/h1,3-4,12-13H,(H,14,15)(H2,9,10,11). The maximum absolute atomic E-state index is 10.4. The van der Waals surface area contributed by atoms with Gasteiger partial charge in [-0.15, -0.1) is 0 Å². The molecular formula is C7H8ClN3O4. The van der Waals surface area contributed by atoms with Gasteiger partial charge >= 0.3 is 5.97 Å². The Balaban J connectivity index is 3.01. The first-order valence-corrected chi connectivity index (χ1v) is 4.18. The zero-order chi connectivity index (χ0) is 11.6. The minimum Gasteiger partial charge on any atom is -0.479 e. The van der Waals surface area contributed by atoms with Gasteiger partial charge in [0.05, 0.1) is 0 Å². The third-order valence-corrected chi connectivity index (χ3v) is 1.87. The summed E-state index contributed by atoms with van der Waals surface area (Å²) < 4.78 is 0. The topological polar surface area (TPSA) is 130 Å². The molecule has 1 aromatic rings. The summed E-state index contributed by atoms with van der Waals surface area (Å²) in [4.78, 5) is 17.4. The predicted molar refractivity (Wildman–Crippen MR) is 50.1 cm³/mol. The SMILES string of the molecule is Nc1nc(Cl)ncc1C(O)C(O)C(=O)O. The molecule has 7 nitrogen and oxygen atoms in total. The van der Waals surface area contributed by atoms with E-state index in [1.165, 1.54) is 0 Å². The van der Waals surface area contributed by atoms with E-state index < -0.39 is 18.2 Å². The van der Waals surface area contributed by atoms with Crippen LogP contribution in [0.2, 0.25) is 5.28 Å². The van der Waals surface area contributed by atoms with E-state index in [4.69, 9.17) is 27.5 Å². The number of carboxylic acid groups (broad SMARTS) is 1. The highest BCUT2D eigenvalue weighted by Crippen LogP contribution is 2.21. The summed E-state index contributed by atoms with van der Waals surface area (Å²) in [6.07, 6.45) is -2.63. The van der Waals surface area contributed by atoms with E-state index in [-0.39, 0.29) is 16.7 Å². The van der Waals surface area contributed by atoms with Crippen LogP contribution in [0.5, 0.6) is 0 Å². The zero-order valence-electron chi connectivity index (χ0n) is 7.33. The van der Waals surface area contributed by atoms with Crippen molar-refractivity contribution < 1.29 is 20.1 Å². The number of nitrogen functional groups attached to an aromatic ring is 1. The number of aliphatic carboxylic acids is 1. The number of rotatable bonds is 3. The third kappa shape index (κ3) is 2.52. The lowest BCUT2D eigenvalue weighted by atomic mass is 10.1. The smallest absolute Gasteiger partial charge is 0.335 e. The van der Waals surface area contributed by atoms with Gasteiger partial charge in [-0.25, -0.2) is 14.8 Å². The molecule has 1 heterocycles. The Bertz CT molecular complexity index is 386. The molecule has 0 aliphatic heterocycles. The average molecular weight is 234 g/mol. The van der Waals surface area contributed by atoms with Crippen LogP contribution in [0.4, 0.5) is 5.82 Å². The fraction of sp³-hybridized carbons (Fsp3) is 0.286. The van der Waals surface area contributed by atoms with Crippen molar-refractivity contribution in [3.63, 3.8) is 0 Å². The third-order valence-electron chi connectivity index (χ3n) is 1.69. The number of hydrogen-bond donors (Lipinski definition) is 4. The molecule has 0 saturated heterocycles. The van der Waals surface area contributed by atoms with Gasteiger partial charge < -0.3 is 21.1 Å². The van der Waals surface area contributed by atoms with Gasteiger partial charge in [0.15, 0.2) is 6.10 Å². The first kappa shape index (κ1) is 11.6. The maximum atomic E-state index is 10.4. The number of aliphatic hydroxyl groups is 2. The monoisotopic (exact) mass is 233 g/mol. The number of carboxylic acids is 1. The molecule has 8 heteroatoms. The summed E-state index contributed by atoms with van der Waals surface area (Å²) >= 11 is 5.40. The van der Waals surface area contributed by atoms with Crippen LogP contribution < -0.4 is 5.73 Å². The lowest BCUT2D eigenvalue weighted by Crippen LogP contribution is -2.28. The van der Waals surface area contributed by atoms with Crippen molar-refractivity contribution in [3.05, 3.63) is 17.0 Å². The van der Waals surface area contributed by atoms with E-state index in [2.05, 4.69) is 9.97 Å². The summed E-state index contributed by atoms with van der Waals surface area (Å²) in [5.74, 6) is -1.75. The fourth-order valence-electron chi connectivity index (χ4n) is 0.915. The molecular weight excluding hydrogens is 226 g/mol. The summed E-state index contributed by atoms with van der Waals surface area (Å²) in [6, 6.07) is 0. The fourth-order valence-corrected chi connectivity index (χ4v) is 1.05. The van der Waals surface area contributed by atoms with E-state index in [1.807, 2.05) is 0 Å². The molecule has 2 unspecified atom stereocenters. The summed E-state index contributed by atoms with van der Waals surface area (Å²) in [5, 5.41) is 26.8. The zero-order valence-corrected chi connectivity index (χ0v) is 8.09. The van der Waals surface area contributed by atoms with E-state index in [1.54, 1.807) is 0 Å². The van der Waals surface area contributed by atoms with Crippen LogP contribution in [0.25, 0.3) is 0 Å². The lowest BCUT2D eigenvalue weighted by molar-refractivity contribution is -0.153. The lowest BCUT2D eigenvalue weighted by Gasteiger charge is -2.14. The number of nitrogens with zero attached hydrogens (tertiary/aromatic N) is 2. The Hall–Kier alpha value is -1.44. The van der Waals surface area contributed by atoms with E-state index in [0.717, 1.165) is 6.20 Å². The van der Waals surface area contributed by atoms with Gasteiger partial charge in [-0.3, -0.25) is 0 Å². The van der Waals surface area contributed by atoms with E-state index >= 15 is 0 Å². The van der Waals surface area contributed by atoms with Gasteiger partial charge in [0.2, 0.25) is 5.28 Å². The molecule has 0 bridgehead atoms. The highest BCUT2D eigenvalue weighted by atomic mass is 35.5. The van der Waals surface area contributed by atoms with Crippen molar-refractivity contribution in [1.29, 1.82) is 0 Å². The molecule has 0 saturated carbocycles. The largest absolute Gasteiger partial charge is 0.479 e. The Morgan fingerprint density at radius 3 is 2.60 bits per heavy atom. The van der Waals surface area contributed by atoms with Gasteiger partial charge in [0, 0.05) is 11.8 Å². The van der Waals surface area contributed by atoms with E-state index in [9.17, 15) is 9.90 Å². The molecule has 5 N–H and O–H groups in total. The van der Waals surface area contributed by atoms with Crippen molar-refractivity contribution in [2.45, 2.75) is 12.2 Å². The Kier molecular flexibility index (Phi) is 3.40. The molecule has 0 aromatic carbocycles. The Morgan fingerprint density at radius 1 is 1.53 bits per heavy atom. The van der Waals surface area contributed by atoms with Gasteiger partial charge in [-0.2, -0.15) is 0 Å². The van der Waals surface area contributed by atoms with Crippen LogP contribution in [0, 0.1) is 0 Å². The van der Waals surface area contributed by atoms with E-state index in [0.29, 0.717) is 0 Å². The Labute approximate surface area is 89.2 Å². The number of anilines is 1. The molecule has 0 aliphatic rings. The van der Waals surface area contributed by atoms with Crippen molar-refractivity contribution in [1.82, 2.24) is 9.97 Å². The first-order valence-electron chi connectivity index (χ1n) is 3.80. The number of carbonyl (C=O) groups is 1. The minimum absolute atomic E-state index is 0.0886. The quantitative estimate of drug-likeness (QED) is 0.503. The molecule has 1 rings (SSSR count). The first-order chi connectivity index (χ1) is 6.93. The molecule has 0 amide bonds. The van der Waals surface area contributed by atoms with Crippen LogP contribution in [-0.4, -0.2) is 37.4 Å². The molecule has 1 aromatic heterocycles. The summed E-state index contributed by atoms with van der Waals surface area (Å²) in [6.45, 7) is 0. The number of halogens is 1. The normalized spacial score (nSPS) is 14.6. The van der Waals surface area contributed by atoms with Gasteiger partial charge in [-0.1, -0.05) is 0 Å². The van der Waals surface area contributed by atoms with Crippen LogP contribution in [-0.2, 0) is 4.79 Å². The van der Waals surface area contributed by atoms with Crippen molar-refractivity contribution in [2.75, 3.05) is 5.73 Å². The number of hydrogen-bond acceptors (Lipinski definition) is 6. The molecule has 0 fully saturated rings. The minimum atomic E-state index is -1.99. The predicted octanol–water partition coefficient (Wildman–Crippen LogP) is -0.809. The van der Waals surface area contributed by atoms with Crippen LogP contribution in [0.15, 0.2) is 6.20 Å². The highest BCUT2D eigenvalue weighted by Gasteiger charge is 2.27. The van der Waals surface area contributed by atoms with Gasteiger partial charge in [0.25, 0.3) is 0 Å². The second-order valence-corrected chi connectivity index (χ2v) is 3.05. The van der Waals surface area contributed by atoms with Crippen molar-refractivity contribution in [3.8, 4) is 0 Å². The summed E-state index contributed by atoms with van der Waals surface area (Å²) in [7, 11) is 0. The highest BCUT2D eigenvalue weighted by molar-refractivity contribution is 6.28. The number of aliphatic hydroxyl groups excluding tert-OH is 2. The molecule has 0 radical (unpaired) electrons. The number of nitrogens with two attached hydrogens (primary N) is 1. The van der Waals surface area contributed by atoms with Crippen LogP contribution >= 0.6 is 11.6 Å². The molecule has 0 spiro atoms. The Morgan fingerprint density at radius 2 is 2.13 bits per heavy atom. The van der Waals surface area contributed by atoms with Gasteiger partial charge in [-0.05, 0) is 11.6 Å². The maximum Gasteiger partial charge on any atom is 0.335 e. The van der Waals surface area contributed by atoms with Crippen LogP contribution in [0.3, 0.4) is 0 Å². The van der Waals surface area contributed by atoms with Crippen molar-refractivity contribution in [2.24, 2.45) is 0 Å². The number of aromatic nitrogens is 2. The molecule has 15 heavy (non-hydrogen) atoms. The molecule has 2 atom stereocenters. The summed E-state index contributed by atoms with van der Waals surface area (Å²) in [5.41, 5.74) is 5.27. The van der Waals surface area contributed by atoms with Crippen LogP contribution in [0.1, 0.15) is 11.7 Å². The second-order valence-electron chi connectivity index (χ2n) is 2.71. The molecule has 82 valence electrons. The second kappa shape index (κ2) is 4.39.